The van der Waals surface area contributed by atoms with E-state index in [-0.39, 0.29) is 5.91 Å². The largest absolute Gasteiger partial charge is 0.480 e. The van der Waals surface area contributed by atoms with Crippen LogP contribution in [0.5, 0.6) is 5.75 Å². The first-order chi connectivity index (χ1) is 13.1. The molecule has 0 saturated carbocycles. The summed E-state index contributed by atoms with van der Waals surface area (Å²) in [5.41, 5.74) is 4.15. The zero-order valence-corrected chi connectivity index (χ0v) is 16.0. The number of hydrogen-bond donors (Lipinski definition) is 1. The Kier molecular flexibility index (Phi) is 5.91. The number of rotatable bonds is 7. The maximum atomic E-state index is 12.7. The molecule has 0 aliphatic carbocycles. The predicted molar refractivity (Wildman–Crippen MR) is 106 cm³/mol. The first-order valence-electron chi connectivity index (χ1n) is 9.16. The van der Waals surface area contributed by atoms with E-state index in [0.717, 1.165) is 28.1 Å². The predicted octanol–water partition coefficient (Wildman–Crippen LogP) is 3.96. The van der Waals surface area contributed by atoms with Gasteiger partial charge in [0.2, 0.25) is 0 Å². The molecule has 1 atom stereocenters. The van der Waals surface area contributed by atoms with E-state index in [1.165, 1.54) is 0 Å². The molecule has 5 heteroatoms. The van der Waals surface area contributed by atoms with E-state index in [9.17, 15) is 4.79 Å². The molecule has 140 valence electrons. The summed E-state index contributed by atoms with van der Waals surface area (Å²) >= 11 is 0. The SMILES string of the molecule is CCC(Oc1cc(C)ccc1C)C(=O)NCc1ccccc1-n1ccnc1. The molecule has 1 unspecified atom stereocenters. The summed E-state index contributed by atoms with van der Waals surface area (Å²) in [5, 5.41) is 3.01. The van der Waals surface area contributed by atoms with Crippen LogP contribution < -0.4 is 10.1 Å². The van der Waals surface area contributed by atoms with Gasteiger partial charge in [0.15, 0.2) is 6.10 Å². The van der Waals surface area contributed by atoms with Crippen LogP contribution in [0.2, 0.25) is 0 Å². The second-order valence-corrected chi connectivity index (χ2v) is 6.60. The van der Waals surface area contributed by atoms with Crippen LogP contribution in [-0.4, -0.2) is 21.6 Å². The quantitative estimate of drug-likeness (QED) is 0.691. The minimum Gasteiger partial charge on any atom is -0.480 e. The lowest BCUT2D eigenvalue weighted by molar-refractivity contribution is -0.128. The molecule has 0 bridgehead atoms. The second kappa shape index (κ2) is 8.54. The average Bonchev–Trinajstić information content (AvgIpc) is 3.21. The molecule has 0 aliphatic heterocycles. The van der Waals surface area contributed by atoms with Crippen LogP contribution in [0.25, 0.3) is 5.69 Å². The molecule has 27 heavy (non-hydrogen) atoms. The van der Waals surface area contributed by atoms with Crippen LogP contribution in [0.1, 0.15) is 30.0 Å². The van der Waals surface area contributed by atoms with Crippen molar-refractivity contribution in [1.29, 1.82) is 0 Å². The molecule has 1 N–H and O–H groups in total. The van der Waals surface area contributed by atoms with Crippen molar-refractivity contribution < 1.29 is 9.53 Å². The first-order valence-corrected chi connectivity index (χ1v) is 9.16. The molecule has 0 saturated heterocycles. The van der Waals surface area contributed by atoms with E-state index < -0.39 is 6.10 Å². The molecule has 1 aromatic heterocycles. The standard InChI is InChI=1S/C22H25N3O2/c1-4-20(27-21-13-16(2)9-10-17(21)3)22(26)24-14-18-7-5-6-8-19(18)25-12-11-23-15-25/h5-13,15,20H,4,14H2,1-3H3,(H,24,26). The van der Waals surface area contributed by atoms with Gasteiger partial charge in [0, 0.05) is 18.9 Å². The number of ether oxygens (including phenoxy) is 1. The number of aromatic nitrogens is 2. The fourth-order valence-corrected chi connectivity index (χ4v) is 2.92. The highest BCUT2D eigenvalue weighted by molar-refractivity contribution is 5.81. The van der Waals surface area contributed by atoms with Gasteiger partial charge in [-0.3, -0.25) is 4.79 Å². The Balaban J connectivity index is 1.69. The van der Waals surface area contributed by atoms with Crippen molar-refractivity contribution in [2.75, 3.05) is 0 Å². The molecule has 5 nitrogen and oxygen atoms in total. The van der Waals surface area contributed by atoms with Gasteiger partial charge in [-0.15, -0.1) is 0 Å². The highest BCUT2D eigenvalue weighted by Gasteiger charge is 2.19. The van der Waals surface area contributed by atoms with Gasteiger partial charge in [-0.2, -0.15) is 0 Å². The van der Waals surface area contributed by atoms with Crippen LogP contribution >= 0.6 is 0 Å². The monoisotopic (exact) mass is 363 g/mol. The van der Waals surface area contributed by atoms with Crippen molar-refractivity contribution in [3.63, 3.8) is 0 Å². The van der Waals surface area contributed by atoms with E-state index in [2.05, 4.69) is 10.3 Å². The summed E-state index contributed by atoms with van der Waals surface area (Å²) in [7, 11) is 0. The number of nitrogens with zero attached hydrogens (tertiary/aromatic N) is 2. The van der Waals surface area contributed by atoms with E-state index in [1.54, 1.807) is 12.5 Å². The molecule has 1 heterocycles. The van der Waals surface area contributed by atoms with Crippen molar-refractivity contribution >= 4 is 5.91 Å². The van der Waals surface area contributed by atoms with Crippen molar-refractivity contribution in [2.45, 2.75) is 39.8 Å². The Morgan fingerprint density at radius 3 is 2.78 bits per heavy atom. The summed E-state index contributed by atoms with van der Waals surface area (Å²) in [6.45, 7) is 6.38. The van der Waals surface area contributed by atoms with E-state index >= 15 is 0 Å². The molecule has 0 radical (unpaired) electrons. The number of para-hydroxylation sites is 1. The summed E-state index contributed by atoms with van der Waals surface area (Å²) in [5.74, 6) is 0.648. The second-order valence-electron chi connectivity index (χ2n) is 6.60. The van der Waals surface area contributed by atoms with Crippen molar-refractivity contribution in [2.24, 2.45) is 0 Å². The minimum absolute atomic E-state index is 0.112. The van der Waals surface area contributed by atoms with Crippen molar-refractivity contribution in [1.82, 2.24) is 14.9 Å². The molecule has 3 aromatic rings. The fourth-order valence-electron chi connectivity index (χ4n) is 2.92. The Morgan fingerprint density at radius 2 is 2.04 bits per heavy atom. The smallest absolute Gasteiger partial charge is 0.261 e. The van der Waals surface area contributed by atoms with E-state index in [4.69, 9.17) is 4.74 Å². The maximum absolute atomic E-state index is 12.7. The van der Waals surface area contributed by atoms with E-state index in [1.807, 2.05) is 74.0 Å². The maximum Gasteiger partial charge on any atom is 0.261 e. The fraction of sp³-hybridized carbons (Fsp3) is 0.273. The third kappa shape index (κ3) is 4.56. The van der Waals surface area contributed by atoms with Crippen LogP contribution in [0.3, 0.4) is 0 Å². The Morgan fingerprint density at radius 1 is 1.22 bits per heavy atom. The van der Waals surface area contributed by atoms with Crippen LogP contribution in [0, 0.1) is 13.8 Å². The normalized spacial score (nSPS) is 11.8. The molecule has 0 aliphatic rings. The van der Waals surface area contributed by atoms with Gasteiger partial charge in [-0.1, -0.05) is 37.3 Å². The first kappa shape index (κ1) is 18.7. The van der Waals surface area contributed by atoms with Gasteiger partial charge < -0.3 is 14.6 Å². The lowest BCUT2D eigenvalue weighted by atomic mass is 10.1. The van der Waals surface area contributed by atoms with Gasteiger partial charge in [0.05, 0.1) is 12.0 Å². The summed E-state index contributed by atoms with van der Waals surface area (Å²) < 4.78 is 7.94. The van der Waals surface area contributed by atoms with Crippen LogP contribution in [0.15, 0.2) is 61.2 Å². The highest BCUT2D eigenvalue weighted by Crippen LogP contribution is 2.21. The van der Waals surface area contributed by atoms with E-state index in [0.29, 0.717) is 13.0 Å². The molecular formula is C22H25N3O2. The zero-order chi connectivity index (χ0) is 19.2. The zero-order valence-electron chi connectivity index (χ0n) is 16.0. The van der Waals surface area contributed by atoms with Gasteiger partial charge >= 0.3 is 0 Å². The minimum atomic E-state index is -0.522. The lowest BCUT2D eigenvalue weighted by Crippen LogP contribution is -2.37. The van der Waals surface area contributed by atoms with Gasteiger partial charge in [0.1, 0.15) is 5.75 Å². The Labute approximate surface area is 160 Å². The van der Waals surface area contributed by atoms with Crippen LogP contribution in [-0.2, 0) is 11.3 Å². The Hall–Kier alpha value is -3.08. The lowest BCUT2D eigenvalue weighted by Gasteiger charge is -2.19. The van der Waals surface area contributed by atoms with Gasteiger partial charge in [-0.25, -0.2) is 4.98 Å². The number of nitrogens with one attached hydrogen (secondary N) is 1. The summed E-state index contributed by atoms with van der Waals surface area (Å²) in [4.78, 5) is 16.8. The molecule has 0 fully saturated rings. The third-order valence-electron chi connectivity index (χ3n) is 4.50. The number of aryl methyl sites for hydroxylation is 2. The highest BCUT2D eigenvalue weighted by atomic mass is 16.5. The number of benzene rings is 2. The third-order valence-corrected chi connectivity index (χ3v) is 4.50. The number of carbonyl (C=O) groups excluding carboxylic acids is 1. The number of hydrogen-bond acceptors (Lipinski definition) is 3. The van der Waals surface area contributed by atoms with Crippen LogP contribution in [0.4, 0.5) is 0 Å². The number of carbonyl (C=O) groups is 1. The van der Waals surface area contributed by atoms with Gasteiger partial charge in [-0.05, 0) is 49.1 Å². The van der Waals surface area contributed by atoms with Gasteiger partial charge in [0.25, 0.3) is 5.91 Å². The average molecular weight is 363 g/mol. The number of amides is 1. The summed E-state index contributed by atoms with van der Waals surface area (Å²) in [6.07, 6.45) is 5.45. The summed E-state index contributed by atoms with van der Waals surface area (Å²) in [6, 6.07) is 14.0. The Bertz CT molecular complexity index is 904. The molecular weight excluding hydrogens is 338 g/mol. The molecule has 3 rings (SSSR count). The molecule has 2 aromatic carbocycles. The number of imidazole rings is 1. The van der Waals surface area contributed by atoms with Crippen molar-refractivity contribution in [3.05, 3.63) is 77.9 Å². The topological polar surface area (TPSA) is 56.1 Å². The molecule has 1 amide bonds. The molecule has 0 spiro atoms. The van der Waals surface area contributed by atoms with Crippen molar-refractivity contribution in [3.8, 4) is 11.4 Å².